The molecule has 23 heavy (non-hydrogen) atoms. The standard InChI is InChI=1S/C16H18ClN5S/c1-2-18-15(19-9-12-3-5-13(17)6-4-12)20-10-14-11-22-7-8-23-16(22)21-14/h3-8,11H,2,9-10H2,1H3,(H2,18,19,20). The Hall–Kier alpha value is -2.05. The smallest absolute Gasteiger partial charge is 0.193 e. The maximum Gasteiger partial charge on any atom is 0.193 e. The van der Waals surface area contributed by atoms with E-state index in [9.17, 15) is 0 Å². The van der Waals surface area contributed by atoms with Crippen LogP contribution >= 0.6 is 22.9 Å². The van der Waals surface area contributed by atoms with Gasteiger partial charge in [0.1, 0.15) is 0 Å². The van der Waals surface area contributed by atoms with Crippen LogP contribution in [0.2, 0.25) is 5.02 Å². The summed E-state index contributed by atoms with van der Waals surface area (Å²) in [4.78, 5) is 10.1. The molecule has 7 heteroatoms. The van der Waals surface area contributed by atoms with Crippen molar-refractivity contribution in [3.05, 3.63) is 58.3 Å². The first-order valence-electron chi connectivity index (χ1n) is 7.42. The minimum Gasteiger partial charge on any atom is -0.357 e. The number of hydrogen-bond donors (Lipinski definition) is 2. The number of nitrogens with one attached hydrogen (secondary N) is 2. The van der Waals surface area contributed by atoms with Gasteiger partial charge >= 0.3 is 0 Å². The Morgan fingerprint density at radius 1 is 1.30 bits per heavy atom. The first-order chi connectivity index (χ1) is 11.2. The van der Waals surface area contributed by atoms with Gasteiger partial charge in [0.25, 0.3) is 0 Å². The maximum absolute atomic E-state index is 5.90. The van der Waals surface area contributed by atoms with Gasteiger partial charge in [-0.3, -0.25) is 4.40 Å². The van der Waals surface area contributed by atoms with Gasteiger partial charge in [0.15, 0.2) is 10.9 Å². The van der Waals surface area contributed by atoms with Crippen molar-refractivity contribution in [1.29, 1.82) is 0 Å². The summed E-state index contributed by atoms with van der Waals surface area (Å²) in [7, 11) is 0. The van der Waals surface area contributed by atoms with Crippen LogP contribution in [0.4, 0.5) is 0 Å². The summed E-state index contributed by atoms with van der Waals surface area (Å²) < 4.78 is 2.03. The van der Waals surface area contributed by atoms with E-state index in [1.54, 1.807) is 11.3 Å². The van der Waals surface area contributed by atoms with E-state index >= 15 is 0 Å². The Bertz CT molecular complexity index is 762. The van der Waals surface area contributed by atoms with E-state index < -0.39 is 0 Å². The van der Waals surface area contributed by atoms with E-state index in [2.05, 4.69) is 20.6 Å². The Labute approximate surface area is 144 Å². The molecule has 2 aromatic heterocycles. The van der Waals surface area contributed by atoms with Crippen molar-refractivity contribution >= 4 is 33.9 Å². The lowest BCUT2D eigenvalue weighted by atomic mass is 10.2. The molecule has 2 N–H and O–H groups in total. The van der Waals surface area contributed by atoms with Crippen LogP contribution in [0.3, 0.4) is 0 Å². The Morgan fingerprint density at radius 2 is 2.13 bits per heavy atom. The summed E-state index contributed by atoms with van der Waals surface area (Å²) in [5.74, 6) is 0.777. The Morgan fingerprint density at radius 3 is 2.87 bits per heavy atom. The average Bonchev–Trinajstić information content (AvgIpc) is 3.13. The van der Waals surface area contributed by atoms with E-state index in [4.69, 9.17) is 11.6 Å². The molecule has 0 radical (unpaired) electrons. The summed E-state index contributed by atoms with van der Waals surface area (Å²) in [6.45, 7) is 4.10. The van der Waals surface area contributed by atoms with Gasteiger partial charge in [-0.25, -0.2) is 9.98 Å². The Balaban J connectivity index is 1.62. The second-order valence-corrected chi connectivity index (χ2v) is 6.31. The van der Waals surface area contributed by atoms with Crippen LogP contribution in [0.15, 0.2) is 47.0 Å². The third-order valence-electron chi connectivity index (χ3n) is 3.26. The number of rotatable bonds is 5. The van der Waals surface area contributed by atoms with Gasteiger partial charge < -0.3 is 10.6 Å². The van der Waals surface area contributed by atoms with Crippen molar-refractivity contribution in [2.75, 3.05) is 6.54 Å². The number of fused-ring (bicyclic) bond motifs is 1. The average molecular weight is 348 g/mol. The first-order valence-corrected chi connectivity index (χ1v) is 8.68. The summed E-state index contributed by atoms with van der Waals surface area (Å²) in [6, 6.07) is 7.73. The van der Waals surface area contributed by atoms with Gasteiger partial charge in [-0.1, -0.05) is 23.7 Å². The number of halogens is 1. The van der Waals surface area contributed by atoms with E-state index in [1.165, 1.54) is 0 Å². The molecule has 3 aromatic rings. The van der Waals surface area contributed by atoms with Crippen LogP contribution < -0.4 is 10.6 Å². The molecule has 3 rings (SSSR count). The maximum atomic E-state index is 5.90. The van der Waals surface area contributed by atoms with Crippen LogP contribution in [0, 0.1) is 0 Å². The van der Waals surface area contributed by atoms with Gasteiger partial charge in [-0.15, -0.1) is 11.3 Å². The number of nitrogens with zero attached hydrogens (tertiary/aromatic N) is 3. The number of imidazole rings is 1. The molecule has 0 bridgehead atoms. The van der Waals surface area contributed by atoms with Crippen molar-refractivity contribution in [2.24, 2.45) is 4.99 Å². The monoisotopic (exact) mass is 347 g/mol. The zero-order valence-electron chi connectivity index (χ0n) is 12.8. The molecule has 2 heterocycles. The summed E-state index contributed by atoms with van der Waals surface area (Å²) >= 11 is 7.53. The predicted molar refractivity (Wildman–Crippen MR) is 96.2 cm³/mol. The normalized spacial score (nSPS) is 11.8. The molecule has 0 aliphatic carbocycles. The molecular formula is C16H18ClN5S. The zero-order chi connectivity index (χ0) is 16.1. The third kappa shape index (κ3) is 4.24. The molecule has 0 saturated heterocycles. The van der Waals surface area contributed by atoms with Crippen molar-refractivity contribution in [2.45, 2.75) is 20.0 Å². The number of aromatic nitrogens is 2. The number of guanidine groups is 1. The summed E-state index contributed by atoms with van der Waals surface area (Å²) in [5.41, 5.74) is 2.11. The van der Waals surface area contributed by atoms with Crippen LogP contribution in [-0.2, 0) is 13.1 Å². The van der Waals surface area contributed by atoms with Crippen molar-refractivity contribution in [3.8, 4) is 0 Å². The van der Waals surface area contributed by atoms with Crippen molar-refractivity contribution < 1.29 is 0 Å². The molecule has 0 fully saturated rings. The molecule has 0 saturated carbocycles. The largest absolute Gasteiger partial charge is 0.357 e. The fraction of sp³-hybridized carbons (Fsp3) is 0.250. The molecule has 120 valence electrons. The van der Waals surface area contributed by atoms with E-state index in [0.29, 0.717) is 13.1 Å². The summed E-state index contributed by atoms with van der Waals surface area (Å²) in [5, 5.41) is 9.32. The molecule has 0 atom stereocenters. The van der Waals surface area contributed by atoms with Gasteiger partial charge in [0, 0.05) is 29.3 Å². The molecule has 1 aromatic carbocycles. The topological polar surface area (TPSA) is 53.7 Å². The molecule has 0 aliphatic heterocycles. The van der Waals surface area contributed by atoms with Crippen molar-refractivity contribution in [1.82, 2.24) is 20.0 Å². The number of thiazole rings is 1. The highest BCUT2D eigenvalue weighted by Gasteiger charge is 2.04. The number of benzene rings is 1. The lowest BCUT2D eigenvalue weighted by Crippen LogP contribution is -2.36. The fourth-order valence-electron chi connectivity index (χ4n) is 2.14. The van der Waals surface area contributed by atoms with Gasteiger partial charge in [0.05, 0.1) is 18.8 Å². The van der Waals surface area contributed by atoms with E-state index in [0.717, 1.165) is 33.7 Å². The van der Waals surface area contributed by atoms with E-state index in [-0.39, 0.29) is 0 Å². The molecular weight excluding hydrogens is 330 g/mol. The van der Waals surface area contributed by atoms with Crippen LogP contribution in [0.1, 0.15) is 18.2 Å². The number of hydrogen-bond acceptors (Lipinski definition) is 3. The SMILES string of the molecule is CCNC(=NCc1ccc(Cl)cc1)NCc1cn2ccsc2n1. The van der Waals surface area contributed by atoms with Crippen LogP contribution in [0.25, 0.3) is 4.96 Å². The van der Waals surface area contributed by atoms with Crippen molar-refractivity contribution in [3.63, 3.8) is 0 Å². The second-order valence-electron chi connectivity index (χ2n) is 5.00. The van der Waals surface area contributed by atoms with E-state index in [1.807, 2.05) is 53.4 Å². The zero-order valence-corrected chi connectivity index (χ0v) is 14.4. The second kappa shape index (κ2) is 7.48. The summed E-state index contributed by atoms with van der Waals surface area (Å²) in [6.07, 6.45) is 4.04. The van der Waals surface area contributed by atoms with Crippen LogP contribution in [0.5, 0.6) is 0 Å². The quantitative estimate of drug-likeness (QED) is 0.550. The minimum atomic E-state index is 0.602. The van der Waals surface area contributed by atoms with Gasteiger partial charge in [-0.2, -0.15) is 0 Å². The lowest BCUT2D eigenvalue weighted by molar-refractivity contribution is 0.804. The highest BCUT2D eigenvalue weighted by molar-refractivity contribution is 7.15. The molecule has 0 aliphatic rings. The number of aliphatic imine (C=N–C) groups is 1. The van der Waals surface area contributed by atoms with Gasteiger partial charge in [0.2, 0.25) is 0 Å². The lowest BCUT2D eigenvalue weighted by Gasteiger charge is -2.10. The molecule has 0 spiro atoms. The fourth-order valence-corrected chi connectivity index (χ4v) is 2.98. The van der Waals surface area contributed by atoms with Gasteiger partial charge in [-0.05, 0) is 24.6 Å². The Kier molecular flexibility index (Phi) is 5.15. The minimum absolute atomic E-state index is 0.602. The highest BCUT2D eigenvalue weighted by Crippen LogP contribution is 2.11. The highest BCUT2D eigenvalue weighted by atomic mass is 35.5. The predicted octanol–water partition coefficient (Wildman–Crippen LogP) is 3.30. The molecule has 0 amide bonds. The molecule has 5 nitrogen and oxygen atoms in total. The first kappa shape index (κ1) is 15.8. The third-order valence-corrected chi connectivity index (χ3v) is 4.28. The molecule has 0 unspecified atom stereocenters. The van der Waals surface area contributed by atoms with Crippen LogP contribution in [-0.4, -0.2) is 21.9 Å².